The van der Waals surface area contributed by atoms with Gasteiger partial charge in [-0.25, -0.2) is 32.3 Å². The van der Waals surface area contributed by atoms with Gasteiger partial charge >= 0.3 is 5.97 Å². The molecule has 0 aliphatic rings. The second-order valence-corrected chi connectivity index (χ2v) is 4.11. The number of alkyl halides is 4. The van der Waals surface area contributed by atoms with Gasteiger partial charge in [0.05, 0.1) is 6.61 Å². The first-order valence-corrected chi connectivity index (χ1v) is 5.42. The number of hydrogen-bond donors (Lipinski definition) is 0. The Labute approximate surface area is 106 Å². The first kappa shape index (κ1) is 15.3. The number of ether oxygens (including phenoxy) is 1. The minimum absolute atomic E-state index is 0.0569. The summed E-state index contributed by atoms with van der Waals surface area (Å²) in [6.07, 6.45) is -5.76. The van der Waals surface area contributed by atoms with E-state index in [9.17, 15) is 22.4 Å². The lowest BCUT2D eigenvalue weighted by atomic mass is 10.1. The molecule has 0 N–H and O–H groups in total. The van der Waals surface area contributed by atoms with E-state index in [1.54, 1.807) is 13.8 Å². The number of carbonyl (C=O) groups is 1. The number of aromatic nitrogens is 2. The highest BCUT2D eigenvalue weighted by molar-refractivity contribution is 5.92. The summed E-state index contributed by atoms with van der Waals surface area (Å²) in [6.45, 7) is 3.37. The lowest BCUT2D eigenvalue weighted by Crippen LogP contribution is -2.17. The molecular weight excluding hydrogens is 268 g/mol. The fourth-order valence-corrected chi connectivity index (χ4v) is 1.27. The van der Waals surface area contributed by atoms with Gasteiger partial charge in [-0.3, -0.25) is 0 Å². The summed E-state index contributed by atoms with van der Waals surface area (Å²) in [5.41, 5.74) is -3.04. The smallest absolute Gasteiger partial charge is 0.342 e. The van der Waals surface area contributed by atoms with Gasteiger partial charge in [0.25, 0.3) is 12.9 Å². The first-order valence-electron chi connectivity index (χ1n) is 5.42. The van der Waals surface area contributed by atoms with E-state index in [0.717, 1.165) is 0 Å². The van der Waals surface area contributed by atoms with E-state index in [1.807, 2.05) is 0 Å². The zero-order valence-corrected chi connectivity index (χ0v) is 10.2. The van der Waals surface area contributed by atoms with Gasteiger partial charge in [-0.1, -0.05) is 13.8 Å². The van der Waals surface area contributed by atoms with Gasteiger partial charge in [0, 0.05) is 0 Å². The van der Waals surface area contributed by atoms with Crippen molar-refractivity contribution < 1.29 is 27.1 Å². The molecule has 106 valence electrons. The highest BCUT2D eigenvalue weighted by Crippen LogP contribution is 2.28. The number of halogens is 4. The zero-order valence-electron chi connectivity index (χ0n) is 10.2. The number of rotatable bonds is 5. The summed E-state index contributed by atoms with van der Waals surface area (Å²) in [6, 6.07) is 0. The van der Waals surface area contributed by atoms with Gasteiger partial charge in [0.15, 0.2) is 0 Å². The summed E-state index contributed by atoms with van der Waals surface area (Å²) in [4.78, 5) is 18.0. The fraction of sp³-hybridized carbons (Fsp3) is 0.545. The highest BCUT2D eigenvalue weighted by atomic mass is 19.3. The van der Waals surface area contributed by atoms with Crippen LogP contribution >= 0.6 is 0 Å². The third-order valence-electron chi connectivity index (χ3n) is 2.07. The quantitative estimate of drug-likeness (QED) is 0.614. The van der Waals surface area contributed by atoms with Crippen molar-refractivity contribution in [2.45, 2.75) is 26.7 Å². The fourth-order valence-electron chi connectivity index (χ4n) is 1.27. The Morgan fingerprint density at radius 3 is 2.00 bits per heavy atom. The van der Waals surface area contributed by atoms with Crippen LogP contribution in [0.2, 0.25) is 0 Å². The molecule has 4 nitrogen and oxygen atoms in total. The van der Waals surface area contributed by atoms with Crippen molar-refractivity contribution in [1.82, 2.24) is 9.97 Å². The molecule has 1 rings (SSSR count). The van der Waals surface area contributed by atoms with E-state index in [1.165, 1.54) is 0 Å². The number of hydrogen-bond acceptors (Lipinski definition) is 4. The third kappa shape index (κ3) is 3.87. The first-order chi connectivity index (χ1) is 8.84. The minimum atomic E-state index is -3.16. The monoisotopic (exact) mass is 280 g/mol. The normalized spacial score (nSPS) is 11.4. The third-order valence-corrected chi connectivity index (χ3v) is 2.07. The summed E-state index contributed by atoms with van der Waals surface area (Å²) in [5.74, 6) is -1.32. The van der Waals surface area contributed by atoms with E-state index >= 15 is 0 Å². The van der Waals surface area contributed by atoms with Crippen LogP contribution in [0, 0.1) is 5.92 Å². The number of nitrogens with zero attached hydrogens (tertiary/aromatic N) is 2. The second kappa shape index (κ2) is 6.44. The lowest BCUT2D eigenvalue weighted by Gasteiger charge is -2.12. The summed E-state index contributed by atoms with van der Waals surface area (Å²) >= 11 is 0. The molecule has 0 aliphatic carbocycles. The Morgan fingerprint density at radius 2 is 1.63 bits per heavy atom. The Kier molecular flexibility index (Phi) is 5.20. The van der Waals surface area contributed by atoms with Crippen molar-refractivity contribution in [3.8, 4) is 0 Å². The number of carbonyl (C=O) groups excluding carboxylic acids is 1. The van der Waals surface area contributed by atoms with Gasteiger partial charge in [-0.2, -0.15) is 0 Å². The lowest BCUT2D eigenvalue weighted by molar-refractivity contribution is 0.0432. The van der Waals surface area contributed by atoms with Crippen LogP contribution in [-0.4, -0.2) is 22.5 Å². The van der Waals surface area contributed by atoms with Crippen molar-refractivity contribution >= 4 is 5.97 Å². The summed E-state index contributed by atoms with van der Waals surface area (Å²) in [7, 11) is 0. The SMILES string of the molecule is CC(C)COC(=O)c1c(C(F)F)ncnc1C(F)F. The molecule has 0 atom stereocenters. The van der Waals surface area contributed by atoms with Gasteiger partial charge in [-0.15, -0.1) is 0 Å². The van der Waals surface area contributed by atoms with Crippen LogP contribution in [0.15, 0.2) is 6.33 Å². The predicted octanol–water partition coefficient (Wildman–Crippen LogP) is 3.16. The molecule has 1 aromatic heterocycles. The molecule has 19 heavy (non-hydrogen) atoms. The van der Waals surface area contributed by atoms with Crippen LogP contribution < -0.4 is 0 Å². The minimum Gasteiger partial charge on any atom is -0.462 e. The Bertz CT molecular complexity index is 426. The molecule has 8 heteroatoms. The maximum atomic E-state index is 12.7. The Hall–Kier alpha value is -1.73. The largest absolute Gasteiger partial charge is 0.462 e. The average molecular weight is 280 g/mol. The van der Waals surface area contributed by atoms with E-state index in [2.05, 4.69) is 14.7 Å². The van der Waals surface area contributed by atoms with Gasteiger partial charge in [-0.05, 0) is 5.92 Å². The zero-order chi connectivity index (χ0) is 14.6. The molecule has 0 amide bonds. The topological polar surface area (TPSA) is 52.1 Å². The number of esters is 1. The van der Waals surface area contributed by atoms with Crippen LogP contribution in [-0.2, 0) is 4.74 Å². The maximum Gasteiger partial charge on any atom is 0.342 e. The second-order valence-electron chi connectivity index (χ2n) is 4.11. The molecule has 0 saturated heterocycles. The van der Waals surface area contributed by atoms with Crippen LogP contribution in [0.4, 0.5) is 17.6 Å². The maximum absolute atomic E-state index is 12.7. The van der Waals surface area contributed by atoms with E-state index in [4.69, 9.17) is 0 Å². The van der Waals surface area contributed by atoms with Crippen molar-refractivity contribution in [3.05, 3.63) is 23.3 Å². The molecule has 0 spiro atoms. The van der Waals surface area contributed by atoms with Crippen molar-refractivity contribution in [2.75, 3.05) is 6.61 Å². The summed E-state index contributed by atoms with van der Waals surface area (Å²) < 4.78 is 55.4. The van der Waals surface area contributed by atoms with E-state index in [-0.39, 0.29) is 12.5 Å². The molecule has 0 saturated carbocycles. The van der Waals surface area contributed by atoms with Crippen LogP contribution in [0.5, 0.6) is 0 Å². The van der Waals surface area contributed by atoms with Gasteiger partial charge < -0.3 is 4.74 Å². The molecule has 0 radical (unpaired) electrons. The molecule has 0 aliphatic heterocycles. The molecular formula is C11H12F4N2O2. The standard InChI is InChI=1S/C11H12F4N2O2/c1-5(2)3-19-11(18)6-7(9(12)13)16-4-17-8(6)10(14)15/h4-5,9-10H,3H2,1-2H3. The molecule has 0 unspecified atom stereocenters. The van der Waals surface area contributed by atoms with E-state index < -0.39 is 35.8 Å². The average Bonchev–Trinajstić information content (AvgIpc) is 2.34. The molecule has 1 aromatic rings. The van der Waals surface area contributed by atoms with E-state index in [0.29, 0.717) is 6.33 Å². The van der Waals surface area contributed by atoms with Crippen LogP contribution in [0.3, 0.4) is 0 Å². The molecule has 0 aromatic carbocycles. The van der Waals surface area contributed by atoms with Crippen molar-refractivity contribution in [3.63, 3.8) is 0 Å². The molecule has 1 heterocycles. The molecule has 0 bridgehead atoms. The Morgan fingerprint density at radius 1 is 1.16 bits per heavy atom. The predicted molar refractivity (Wildman–Crippen MR) is 57.1 cm³/mol. The summed E-state index contributed by atoms with van der Waals surface area (Å²) in [5, 5.41) is 0. The highest BCUT2D eigenvalue weighted by Gasteiger charge is 2.29. The van der Waals surface area contributed by atoms with Crippen LogP contribution in [0.25, 0.3) is 0 Å². The molecule has 0 fully saturated rings. The van der Waals surface area contributed by atoms with Gasteiger partial charge in [0.1, 0.15) is 23.3 Å². The van der Waals surface area contributed by atoms with Crippen molar-refractivity contribution in [1.29, 1.82) is 0 Å². The van der Waals surface area contributed by atoms with Crippen molar-refractivity contribution in [2.24, 2.45) is 5.92 Å². The van der Waals surface area contributed by atoms with Gasteiger partial charge in [0.2, 0.25) is 0 Å². The van der Waals surface area contributed by atoms with Crippen LogP contribution in [0.1, 0.15) is 48.4 Å². The Balaban J connectivity index is 3.17.